The highest BCUT2D eigenvalue weighted by atomic mass is 32.2. The molecule has 0 radical (unpaired) electrons. The lowest BCUT2D eigenvalue weighted by Crippen LogP contribution is -2.28. The average Bonchev–Trinajstić information content (AvgIpc) is 2.37. The summed E-state index contributed by atoms with van der Waals surface area (Å²) >= 11 is 0.999. The van der Waals surface area contributed by atoms with Gasteiger partial charge in [0.15, 0.2) is 11.1 Å². The largest absolute Gasteiger partial charge is 0.370 e. The summed E-state index contributed by atoms with van der Waals surface area (Å²) in [7, 11) is 1.73. The van der Waals surface area contributed by atoms with Crippen LogP contribution in [-0.2, 0) is 11.3 Å². The van der Waals surface area contributed by atoms with E-state index in [0.717, 1.165) is 17.3 Å². The van der Waals surface area contributed by atoms with Gasteiger partial charge in [0, 0.05) is 13.6 Å². The molecule has 5 N–H and O–H groups in total. The number of amides is 1. The Labute approximate surface area is 122 Å². The molecule has 0 atom stereocenters. The maximum Gasteiger partial charge on any atom is 0.233 e. The standard InChI is InChI=1S/C13H19N5OS/c1-9-3-5-10(6-4-9)7-18(2)11(19)8-20-13(16)17-12(14)15/h3-6H,7-8H2,1-2H3,(H5,14,15,16,17). The van der Waals surface area contributed by atoms with Crippen molar-refractivity contribution in [3.63, 3.8) is 0 Å². The van der Waals surface area contributed by atoms with Gasteiger partial charge in [0.25, 0.3) is 0 Å². The Bertz CT molecular complexity index is 508. The number of thioether (sulfide) groups is 1. The lowest BCUT2D eigenvalue weighted by Gasteiger charge is -2.17. The fraction of sp³-hybridized carbons (Fsp3) is 0.308. The van der Waals surface area contributed by atoms with E-state index in [-0.39, 0.29) is 22.8 Å². The molecule has 0 unspecified atom stereocenters. The Morgan fingerprint density at radius 3 is 2.50 bits per heavy atom. The van der Waals surface area contributed by atoms with E-state index in [0.29, 0.717) is 6.54 Å². The number of amidine groups is 1. The van der Waals surface area contributed by atoms with Gasteiger partial charge in [-0.05, 0) is 12.5 Å². The zero-order chi connectivity index (χ0) is 15.1. The van der Waals surface area contributed by atoms with E-state index in [1.165, 1.54) is 5.56 Å². The summed E-state index contributed by atoms with van der Waals surface area (Å²) in [5, 5.41) is 7.38. The van der Waals surface area contributed by atoms with Crippen LogP contribution < -0.4 is 11.5 Å². The fourth-order valence-electron chi connectivity index (χ4n) is 1.45. The molecular weight excluding hydrogens is 274 g/mol. The van der Waals surface area contributed by atoms with Gasteiger partial charge in [-0.15, -0.1) is 0 Å². The molecule has 0 aromatic heterocycles. The van der Waals surface area contributed by atoms with E-state index in [2.05, 4.69) is 4.99 Å². The fourth-order valence-corrected chi connectivity index (χ4v) is 2.10. The molecule has 1 rings (SSSR count). The third-order valence-electron chi connectivity index (χ3n) is 2.53. The smallest absolute Gasteiger partial charge is 0.233 e. The number of benzene rings is 1. The van der Waals surface area contributed by atoms with Gasteiger partial charge in [-0.1, -0.05) is 41.6 Å². The van der Waals surface area contributed by atoms with Crippen molar-refractivity contribution in [2.24, 2.45) is 16.5 Å². The van der Waals surface area contributed by atoms with Crippen LogP contribution in [0.1, 0.15) is 11.1 Å². The number of rotatable bonds is 4. The van der Waals surface area contributed by atoms with Crippen LogP contribution in [0.15, 0.2) is 29.3 Å². The zero-order valence-electron chi connectivity index (χ0n) is 11.6. The quantitative estimate of drug-likeness (QED) is 0.566. The van der Waals surface area contributed by atoms with Gasteiger partial charge in [-0.25, -0.2) is 0 Å². The van der Waals surface area contributed by atoms with Crippen molar-refractivity contribution in [3.8, 4) is 0 Å². The molecule has 0 aliphatic rings. The van der Waals surface area contributed by atoms with Crippen LogP contribution in [0.3, 0.4) is 0 Å². The average molecular weight is 293 g/mol. The number of nitrogens with two attached hydrogens (primary N) is 2. The number of carbonyl (C=O) groups is 1. The highest BCUT2D eigenvalue weighted by Crippen LogP contribution is 2.09. The van der Waals surface area contributed by atoms with Gasteiger partial charge in [0.05, 0.1) is 5.75 Å². The first-order valence-electron chi connectivity index (χ1n) is 5.99. The van der Waals surface area contributed by atoms with Crippen molar-refractivity contribution in [3.05, 3.63) is 35.4 Å². The summed E-state index contributed by atoms with van der Waals surface area (Å²) in [6.07, 6.45) is 0. The van der Waals surface area contributed by atoms with E-state index in [1.807, 2.05) is 31.2 Å². The van der Waals surface area contributed by atoms with E-state index in [9.17, 15) is 4.79 Å². The Hall–Kier alpha value is -2.02. The van der Waals surface area contributed by atoms with Crippen LogP contribution >= 0.6 is 11.8 Å². The van der Waals surface area contributed by atoms with Gasteiger partial charge in [0.1, 0.15) is 0 Å². The SMILES string of the molecule is Cc1ccc(CN(C)C(=O)CSC(=N)N=C(N)N)cc1. The lowest BCUT2D eigenvalue weighted by atomic mass is 10.1. The Balaban J connectivity index is 2.45. The number of carbonyl (C=O) groups excluding carboxylic acids is 1. The number of nitrogens with zero attached hydrogens (tertiary/aromatic N) is 2. The summed E-state index contributed by atoms with van der Waals surface area (Å²) < 4.78 is 0. The summed E-state index contributed by atoms with van der Waals surface area (Å²) in [5.41, 5.74) is 12.6. The zero-order valence-corrected chi connectivity index (χ0v) is 12.4. The first-order chi connectivity index (χ1) is 9.38. The van der Waals surface area contributed by atoms with Crippen molar-refractivity contribution in [2.75, 3.05) is 12.8 Å². The van der Waals surface area contributed by atoms with Crippen molar-refractivity contribution >= 4 is 28.8 Å². The van der Waals surface area contributed by atoms with Gasteiger partial charge < -0.3 is 16.4 Å². The number of aliphatic imine (C=N–C) groups is 1. The van der Waals surface area contributed by atoms with Crippen molar-refractivity contribution in [2.45, 2.75) is 13.5 Å². The minimum atomic E-state index is -0.178. The number of aryl methyl sites for hydroxylation is 1. The second-order valence-electron chi connectivity index (χ2n) is 4.37. The first-order valence-corrected chi connectivity index (χ1v) is 6.97. The lowest BCUT2D eigenvalue weighted by molar-refractivity contribution is -0.127. The molecule has 0 aliphatic carbocycles. The normalized spacial score (nSPS) is 9.90. The summed E-state index contributed by atoms with van der Waals surface area (Å²) in [6.45, 7) is 2.56. The second kappa shape index (κ2) is 7.54. The summed E-state index contributed by atoms with van der Waals surface area (Å²) in [5.74, 6) is -0.119. The maximum absolute atomic E-state index is 11.9. The molecule has 6 nitrogen and oxygen atoms in total. The minimum absolute atomic E-state index is 0.0675. The number of hydrogen-bond acceptors (Lipinski definition) is 3. The molecule has 0 aliphatic heterocycles. The minimum Gasteiger partial charge on any atom is -0.370 e. The molecule has 0 saturated carbocycles. The summed E-state index contributed by atoms with van der Waals surface area (Å²) in [6, 6.07) is 8.01. The predicted molar refractivity (Wildman–Crippen MR) is 83.6 cm³/mol. The van der Waals surface area contributed by atoms with Crippen LogP contribution in [0.4, 0.5) is 0 Å². The Morgan fingerprint density at radius 1 is 1.35 bits per heavy atom. The molecule has 7 heteroatoms. The van der Waals surface area contributed by atoms with Crippen LogP contribution in [0, 0.1) is 12.3 Å². The van der Waals surface area contributed by atoms with E-state index in [4.69, 9.17) is 16.9 Å². The molecule has 1 aromatic rings. The number of hydrogen-bond donors (Lipinski definition) is 3. The Kier molecular flexibility index (Phi) is 6.05. The maximum atomic E-state index is 11.9. The topological polar surface area (TPSA) is 109 Å². The second-order valence-corrected chi connectivity index (χ2v) is 5.33. The highest BCUT2D eigenvalue weighted by Gasteiger charge is 2.10. The van der Waals surface area contributed by atoms with Gasteiger partial charge in [-0.2, -0.15) is 4.99 Å². The molecule has 0 bridgehead atoms. The van der Waals surface area contributed by atoms with E-state index < -0.39 is 0 Å². The van der Waals surface area contributed by atoms with Crippen LogP contribution in [0.25, 0.3) is 0 Å². The third-order valence-corrected chi connectivity index (χ3v) is 3.29. The van der Waals surface area contributed by atoms with Gasteiger partial charge in [-0.3, -0.25) is 10.2 Å². The van der Waals surface area contributed by atoms with Crippen molar-refractivity contribution in [1.29, 1.82) is 5.41 Å². The highest BCUT2D eigenvalue weighted by molar-refractivity contribution is 8.14. The molecular formula is C13H19N5OS. The van der Waals surface area contributed by atoms with E-state index >= 15 is 0 Å². The molecule has 0 spiro atoms. The van der Waals surface area contributed by atoms with Gasteiger partial charge >= 0.3 is 0 Å². The number of nitrogens with one attached hydrogen (secondary N) is 1. The van der Waals surface area contributed by atoms with Gasteiger partial charge in [0.2, 0.25) is 5.91 Å². The van der Waals surface area contributed by atoms with Crippen molar-refractivity contribution in [1.82, 2.24) is 4.90 Å². The van der Waals surface area contributed by atoms with Crippen LogP contribution in [-0.4, -0.2) is 34.7 Å². The van der Waals surface area contributed by atoms with Crippen molar-refractivity contribution < 1.29 is 4.79 Å². The number of guanidine groups is 1. The molecule has 1 amide bonds. The third kappa shape index (κ3) is 5.75. The molecule has 0 fully saturated rings. The van der Waals surface area contributed by atoms with E-state index in [1.54, 1.807) is 11.9 Å². The summed E-state index contributed by atoms with van der Waals surface area (Å²) in [4.78, 5) is 17.1. The first kappa shape index (κ1) is 16.0. The predicted octanol–water partition coefficient (Wildman–Crippen LogP) is 0.895. The molecule has 108 valence electrons. The molecule has 0 saturated heterocycles. The molecule has 20 heavy (non-hydrogen) atoms. The molecule has 0 heterocycles. The van der Waals surface area contributed by atoms with Crippen LogP contribution in [0.5, 0.6) is 0 Å². The Morgan fingerprint density at radius 2 is 1.95 bits per heavy atom. The molecule has 1 aromatic carbocycles. The monoisotopic (exact) mass is 293 g/mol. The van der Waals surface area contributed by atoms with Crippen LogP contribution in [0.2, 0.25) is 0 Å².